The summed E-state index contributed by atoms with van der Waals surface area (Å²) in [4.78, 5) is 0. The second-order valence-corrected chi connectivity index (χ2v) is 28.6. The Kier molecular flexibility index (Phi) is 25.9. The first-order valence-corrected chi connectivity index (χ1v) is 36.9. The molecule has 42 heteroatoms. The second-order valence-electron chi connectivity index (χ2n) is 28.6. The molecule has 18 rings (SSSR count). The van der Waals surface area contributed by atoms with Crippen molar-refractivity contribution in [1.82, 2.24) is 30.6 Å². The van der Waals surface area contributed by atoms with Gasteiger partial charge in [0.2, 0.25) is 17.6 Å². The summed E-state index contributed by atoms with van der Waals surface area (Å²) in [6.07, 6.45) is -51.5. The summed E-state index contributed by atoms with van der Waals surface area (Å²) in [5, 5.41) is 29.9. The summed E-state index contributed by atoms with van der Waals surface area (Å²) in [7, 11) is 0. The molecule has 3 radical (unpaired) electrons. The van der Waals surface area contributed by atoms with Crippen molar-refractivity contribution in [3.05, 3.63) is 285 Å². The van der Waals surface area contributed by atoms with Crippen molar-refractivity contribution in [3.63, 3.8) is 0 Å². The van der Waals surface area contributed by atoms with Gasteiger partial charge in [-0.25, -0.2) is 0 Å². The number of furan rings is 3. The van der Waals surface area contributed by atoms with Gasteiger partial charge in [-0.05, 0) is 106 Å². The number of benzene rings is 12. The van der Waals surface area contributed by atoms with E-state index in [-0.39, 0.29) is 133 Å². The molecule has 12 aromatic carbocycles. The van der Waals surface area contributed by atoms with Crippen LogP contribution in [0.25, 0.3) is 132 Å². The first kappa shape index (κ1) is 97.1. The standard InChI is InChI=1S/3C30H14F9N2O2.3Ir/c1-14-24(30(37,38)39)20(28(31,32)33)13-21(29(34,35)36)26(14)43-27-19-11-16-7-3-2-6-15(16)10-18(19)25(40-41-27)23-12-17-8-4-5-9-22(17)42-23;1-14-22(13-20(28(31,32)33)25(30(37,38)39)24(14)29(34,35)36)43-27-19-11-16-7-3-2-6-15(16)10-18(19)26(40-41-27)23-12-17-8-4-5-9-21(17)42-23;1-14-20(28(31,32)33)13-21(29(34,35)36)24(30(37,38)39)26(14)43-27-19-11-16-7-3-2-6-15(16)10-18(19)25(40-41-27)23-12-17-8-4-5-9-22(17)42-23;;;/h3*2-11,13H,1H3;;;/q3*-1;;;. The number of nitrogens with zero attached hydrogens (tertiary/aromatic N) is 6. The molecule has 6 aromatic heterocycles. The van der Waals surface area contributed by atoms with E-state index < -0.39 is 169 Å². The molecule has 0 bridgehead atoms. The van der Waals surface area contributed by atoms with Crippen LogP contribution < -0.4 is 14.2 Å². The van der Waals surface area contributed by atoms with Gasteiger partial charge < -0.3 is 27.5 Å². The molecule has 6 heterocycles. The molecule has 0 aliphatic heterocycles. The number of rotatable bonds is 9. The smallest absolute Gasteiger partial charge is 0.420 e. The fraction of sp³-hybridized carbons (Fsp3) is 0.133. The quantitative estimate of drug-likeness (QED) is 0.0770. The minimum absolute atomic E-state index is 0. The molecule has 0 N–H and O–H groups in total. The number of fused-ring (bicyclic) bond motifs is 9. The van der Waals surface area contributed by atoms with Crippen LogP contribution in [-0.2, 0) is 116 Å². The summed E-state index contributed by atoms with van der Waals surface area (Å²) in [6.45, 7) is 1.66. The van der Waals surface area contributed by atoms with E-state index in [1.165, 1.54) is 18.2 Å². The van der Waals surface area contributed by atoms with Crippen LogP contribution in [0.15, 0.2) is 213 Å². The summed E-state index contributed by atoms with van der Waals surface area (Å²) in [5.74, 6) is -5.91. The van der Waals surface area contributed by atoms with E-state index in [0.29, 0.717) is 86.0 Å². The third kappa shape index (κ3) is 18.9. The molecule has 0 aliphatic rings. The number of aromatic nitrogens is 6. The van der Waals surface area contributed by atoms with Crippen LogP contribution in [0, 0.1) is 39.0 Å². The zero-order chi connectivity index (χ0) is 92.7. The van der Waals surface area contributed by atoms with Gasteiger partial charge in [-0.3, -0.25) is 0 Å². The van der Waals surface area contributed by atoms with Crippen molar-refractivity contribution < 1.29 is 206 Å². The van der Waals surface area contributed by atoms with Crippen LogP contribution >= 0.6 is 0 Å². The minimum Gasteiger partial charge on any atom is -0.518 e. The maximum absolute atomic E-state index is 14.1. The van der Waals surface area contributed by atoms with Crippen molar-refractivity contribution >= 4 is 97.5 Å². The van der Waals surface area contributed by atoms with E-state index in [1.54, 1.807) is 164 Å². The second kappa shape index (κ2) is 35.2. The van der Waals surface area contributed by atoms with Crippen LogP contribution in [0.5, 0.6) is 34.9 Å². The largest absolute Gasteiger partial charge is 0.518 e. The van der Waals surface area contributed by atoms with E-state index >= 15 is 0 Å². The van der Waals surface area contributed by atoms with E-state index in [1.807, 2.05) is 0 Å². The van der Waals surface area contributed by atoms with Gasteiger partial charge >= 0.3 is 55.6 Å². The summed E-state index contributed by atoms with van der Waals surface area (Å²) in [5.41, 5.74) is -23.9. The molecule has 687 valence electrons. The molecule has 0 aliphatic carbocycles. The average Bonchev–Trinajstić information content (AvgIpc) is 0.843. The van der Waals surface area contributed by atoms with Crippen LogP contribution in [0.1, 0.15) is 66.8 Å². The van der Waals surface area contributed by atoms with Crippen molar-refractivity contribution in [2.75, 3.05) is 0 Å². The van der Waals surface area contributed by atoms with Crippen LogP contribution in [-0.4, -0.2) is 30.6 Å². The molecular weight excluding hydrogens is 2350 g/mol. The number of hydrogen-bond acceptors (Lipinski definition) is 12. The molecule has 0 saturated carbocycles. The Bertz CT molecular complexity index is 7430. The Morgan fingerprint density at radius 3 is 0.826 bits per heavy atom. The van der Waals surface area contributed by atoms with Crippen molar-refractivity contribution in [1.29, 1.82) is 0 Å². The number of halogens is 27. The molecule has 0 spiro atoms. The molecule has 0 unspecified atom stereocenters. The van der Waals surface area contributed by atoms with Gasteiger partial charge in [-0.2, -0.15) is 134 Å². The summed E-state index contributed by atoms with van der Waals surface area (Å²) >= 11 is 0. The molecule has 0 saturated heterocycles. The topological polar surface area (TPSA) is 144 Å². The fourth-order valence-electron chi connectivity index (χ4n) is 14.7. The number of alkyl halides is 27. The summed E-state index contributed by atoms with van der Waals surface area (Å²) < 4.78 is 407. The van der Waals surface area contributed by atoms with E-state index in [2.05, 4.69) is 48.8 Å². The monoisotopic (exact) mass is 2390 g/mol. The van der Waals surface area contributed by atoms with Gasteiger partial charge in [0.05, 0.1) is 78.9 Å². The Morgan fingerprint density at radius 1 is 0.242 bits per heavy atom. The normalized spacial score (nSPS) is 12.6. The van der Waals surface area contributed by atoms with Gasteiger partial charge in [-0.1, -0.05) is 146 Å². The van der Waals surface area contributed by atoms with Gasteiger partial charge in [-0.15, -0.1) is 67.9 Å². The molecule has 0 fully saturated rings. The first-order valence-electron chi connectivity index (χ1n) is 36.9. The Hall–Kier alpha value is -12.5. The van der Waals surface area contributed by atoms with Crippen LogP contribution in [0.3, 0.4) is 0 Å². The SMILES string of the molecule is Cc1c(C(F)(F)F)cc(C(F)(F)F)c(C(F)(F)F)c1Oc1nnc(-c2[c-]c3ccccc3o2)c2cc3ccccc3cc12.Cc1c(Oc2nnc(-c3[c-]c4ccccc4o3)c3cc4ccccc4cc23)c(C(F)(F)F)cc(C(F)(F)F)c1C(F)(F)F.Cc1c(Oc2nnc(-c3[c-]c4ccccc4o3)c3cc4ccccc4cc23)cc(C(F)(F)F)c(C(F)(F)F)c1C(F)(F)F.[Ir].[Ir].[Ir]. The van der Waals surface area contributed by atoms with Crippen LogP contribution in [0.2, 0.25) is 0 Å². The van der Waals surface area contributed by atoms with Gasteiger partial charge in [0, 0.05) is 110 Å². The molecule has 12 nitrogen and oxygen atoms in total. The maximum atomic E-state index is 14.1. The van der Waals surface area contributed by atoms with Gasteiger partial charge in [0.25, 0.3) is 0 Å². The Balaban J connectivity index is 0.000000166. The molecule has 0 amide bonds. The number of ether oxygens (including phenoxy) is 3. The predicted molar refractivity (Wildman–Crippen MR) is 412 cm³/mol. The van der Waals surface area contributed by atoms with Gasteiger partial charge in [0.15, 0.2) is 0 Å². The van der Waals surface area contributed by atoms with E-state index in [4.69, 9.17) is 27.5 Å². The average molecular weight is 2390 g/mol. The molecular formula is C90H42F27Ir3N6O6-3. The fourth-order valence-corrected chi connectivity index (χ4v) is 14.7. The molecule has 132 heavy (non-hydrogen) atoms. The molecule has 18 aromatic rings. The zero-order valence-electron chi connectivity index (χ0n) is 65.4. The maximum Gasteiger partial charge on any atom is 0.420 e. The number of hydrogen-bond donors (Lipinski definition) is 0. The summed E-state index contributed by atoms with van der Waals surface area (Å²) in [6, 6.07) is 58.0. The predicted octanol–water partition coefficient (Wildman–Crippen LogP) is 30.5. The first-order chi connectivity index (χ1) is 60.4. The van der Waals surface area contributed by atoms with E-state index in [0.717, 1.165) is 0 Å². The Morgan fingerprint density at radius 2 is 0.515 bits per heavy atom. The Labute approximate surface area is 760 Å². The number of para-hydroxylation sites is 3. The van der Waals surface area contributed by atoms with Crippen molar-refractivity contribution in [2.24, 2.45) is 0 Å². The van der Waals surface area contributed by atoms with Crippen molar-refractivity contribution in [2.45, 2.75) is 76.4 Å². The van der Waals surface area contributed by atoms with Crippen molar-refractivity contribution in [3.8, 4) is 69.3 Å². The van der Waals surface area contributed by atoms with Crippen LogP contribution in [0.4, 0.5) is 119 Å². The minimum atomic E-state index is -5.98. The molecule has 0 atom stereocenters. The van der Waals surface area contributed by atoms with E-state index in [9.17, 15) is 119 Å². The third-order valence-electron chi connectivity index (χ3n) is 20.4. The zero-order valence-corrected chi connectivity index (χ0v) is 72.6. The van der Waals surface area contributed by atoms with Gasteiger partial charge in [0.1, 0.15) is 22.8 Å². The third-order valence-corrected chi connectivity index (χ3v) is 20.4.